The van der Waals surface area contributed by atoms with Crippen LogP contribution in [0.1, 0.15) is 40.6 Å². The highest BCUT2D eigenvalue weighted by atomic mass is 32.1. The Balaban J connectivity index is 1.78. The summed E-state index contributed by atoms with van der Waals surface area (Å²) in [5.41, 5.74) is 1.54. The Morgan fingerprint density at radius 3 is 2.47 bits per heavy atom. The largest absolute Gasteiger partial charge is 0.493 e. The summed E-state index contributed by atoms with van der Waals surface area (Å²) in [4.78, 5) is 29.3. The Bertz CT molecular complexity index is 886. The van der Waals surface area contributed by atoms with Crippen LogP contribution in [0.15, 0.2) is 23.6 Å². The SMILES string of the molecule is CCCC(NC(=O)c1cc(OC)c(OC)c(OC)c1)C(=O)N1CCc2sccc2C1. The predicted molar refractivity (Wildman–Crippen MR) is 116 cm³/mol. The molecule has 0 radical (unpaired) electrons. The van der Waals surface area contributed by atoms with E-state index in [0.29, 0.717) is 42.3 Å². The van der Waals surface area contributed by atoms with Gasteiger partial charge in [-0.3, -0.25) is 9.59 Å². The molecule has 1 aromatic carbocycles. The summed E-state index contributed by atoms with van der Waals surface area (Å²) < 4.78 is 16.0. The Hall–Kier alpha value is -2.74. The summed E-state index contributed by atoms with van der Waals surface area (Å²) in [6, 6.07) is 4.66. The third-order valence-electron chi connectivity index (χ3n) is 5.23. The van der Waals surface area contributed by atoms with E-state index in [9.17, 15) is 9.59 Å². The molecule has 1 atom stereocenters. The number of ether oxygens (including phenoxy) is 3. The van der Waals surface area contributed by atoms with Crippen LogP contribution in [0.2, 0.25) is 0 Å². The van der Waals surface area contributed by atoms with Gasteiger partial charge in [-0.05, 0) is 42.0 Å². The predicted octanol–water partition coefficient (Wildman–Crippen LogP) is 3.26. The van der Waals surface area contributed by atoms with Crippen LogP contribution in [0.3, 0.4) is 0 Å². The van der Waals surface area contributed by atoms with Crippen molar-refractivity contribution in [1.29, 1.82) is 0 Å². The quantitative estimate of drug-likeness (QED) is 0.693. The lowest BCUT2D eigenvalue weighted by Crippen LogP contribution is -2.49. The van der Waals surface area contributed by atoms with Gasteiger partial charge in [0.25, 0.3) is 5.91 Å². The number of hydrogen-bond acceptors (Lipinski definition) is 6. The molecule has 0 saturated heterocycles. The van der Waals surface area contributed by atoms with Crippen LogP contribution >= 0.6 is 11.3 Å². The molecule has 0 spiro atoms. The highest BCUT2D eigenvalue weighted by molar-refractivity contribution is 7.10. The third kappa shape index (κ3) is 4.53. The first-order chi connectivity index (χ1) is 14.5. The number of thiophene rings is 1. The van der Waals surface area contributed by atoms with Gasteiger partial charge in [0.1, 0.15) is 6.04 Å². The van der Waals surface area contributed by atoms with Gasteiger partial charge >= 0.3 is 0 Å². The Morgan fingerprint density at radius 2 is 1.87 bits per heavy atom. The van der Waals surface area contributed by atoms with E-state index in [1.54, 1.807) is 23.5 Å². The fourth-order valence-corrected chi connectivity index (χ4v) is 4.55. The van der Waals surface area contributed by atoms with Gasteiger partial charge in [-0.15, -0.1) is 11.3 Å². The van der Waals surface area contributed by atoms with Crippen molar-refractivity contribution < 1.29 is 23.8 Å². The van der Waals surface area contributed by atoms with Crippen molar-refractivity contribution in [1.82, 2.24) is 10.2 Å². The lowest BCUT2D eigenvalue weighted by atomic mass is 10.1. The summed E-state index contributed by atoms with van der Waals surface area (Å²) in [6.07, 6.45) is 2.21. The van der Waals surface area contributed by atoms with Gasteiger partial charge in [0.15, 0.2) is 11.5 Å². The number of nitrogens with zero attached hydrogens (tertiary/aromatic N) is 1. The van der Waals surface area contributed by atoms with E-state index in [4.69, 9.17) is 14.2 Å². The van der Waals surface area contributed by atoms with E-state index in [2.05, 4.69) is 16.8 Å². The molecule has 162 valence electrons. The smallest absolute Gasteiger partial charge is 0.252 e. The molecule has 30 heavy (non-hydrogen) atoms. The molecule has 2 heterocycles. The highest BCUT2D eigenvalue weighted by Crippen LogP contribution is 2.38. The van der Waals surface area contributed by atoms with Gasteiger partial charge in [-0.1, -0.05) is 13.3 Å². The molecule has 1 N–H and O–H groups in total. The Labute approximate surface area is 180 Å². The normalized spacial score (nSPS) is 13.9. The van der Waals surface area contributed by atoms with Crippen molar-refractivity contribution in [3.8, 4) is 17.2 Å². The van der Waals surface area contributed by atoms with E-state index >= 15 is 0 Å². The summed E-state index contributed by atoms with van der Waals surface area (Å²) in [6.45, 7) is 3.27. The van der Waals surface area contributed by atoms with Crippen LogP contribution in [-0.4, -0.2) is 50.6 Å². The zero-order valence-corrected chi connectivity index (χ0v) is 18.6. The molecule has 3 rings (SSSR count). The van der Waals surface area contributed by atoms with Gasteiger partial charge in [0, 0.05) is 23.5 Å². The lowest BCUT2D eigenvalue weighted by Gasteiger charge is -2.31. The van der Waals surface area contributed by atoms with Crippen LogP contribution in [-0.2, 0) is 17.8 Å². The summed E-state index contributed by atoms with van der Waals surface area (Å²) in [7, 11) is 4.50. The molecule has 2 aromatic rings. The monoisotopic (exact) mass is 432 g/mol. The molecule has 0 bridgehead atoms. The number of amides is 2. The number of benzene rings is 1. The second-order valence-corrected chi connectivity index (χ2v) is 8.11. The van der Waals surface area contributed by atoms with Gasteiger partial charge in [0.2, 0.25) is 11.7 Å². The van der Waals surface area contributed by atoms with Crippen LogP contribution < -0.4 is 19.5 Å². The van der Waals surface area contributed by atoms with Crippen molar-refractivity contribution in [2.75, 3.05) is 27.9 Å². The van der Waals surface area contributed by atoms with Crippen LogP contribution in [0.5, 0.6) is 17.2 Å². The summed E-state index contributed by atoms with van der Waals surface area (Å²) >= 11 is 1.73. The molecule has 1 aromatic heterocycles. The molecule has 1 unspecified atom stereocenters. The standard InChI is InChI=1S/C22H28N2O5S/c1-5-6-16(22(26)24-9-7-19-14(13-24)8-10-30-19)23-21(25)15-11-17(27-2)20(29-4)18(12-15)28-3/h8,10-12,16H,5-7,9,13H2,1-4H3,(H,23,25). The van der Waals surface area contributed by atoms with E-state index < -0.39 is 6.04 Å². The van der Waals surface area contributed by atoms with Crippen LogP contribution in [0.4, 0.5) is 0 Å². The summed E-state index contributed by atoms with van der Waals surface area (Å²) in [5, 5.41) is 4.97. The third-order valence-corrected chi connectivity index (χ3v) is 6.25. The molecule has 0 aliphatic carbocycles. The van der Waals surface area contributed by atoms with E-state index in [-0.39, 0.29) is 11.8 Å². The zero-order chi connectivity index (χ0) is 21.7. The number of carbonyl (C=O) groups is 2. The van der Waals surface area contributed by atoms with Gasteiger partial charge in [-0.25, -0.2) is 0 Å². The van der Waals surface area contributed by atoms with E-state index in [0.717, 1.165) is 12.8 Å². The van der Waals surface area contributed by atoms with Crippen LogP contribution in [0.25, 0.3) is 0 Å². The van der Waals surface area contributed by atoms with Crippen molar-refractivity contribution in [2.24, 2.45) is 0 Å². The molecule has 7 nitrogen and oxygen atoms in total. The number of nitrogens with one attached hydrogen (secondary N) is 1. The molecule has 2 amide bonds. The average molecular weight is 433 g/mol. The zero-order valence-electron chi connectivity index (χ0n) is 17.8. The maximum atomic E-state index is 13.2. The van der Waals surface area contributed by atoms with Crippen molar-refractivity contribution in [3.05, 3.63) is 39.6 Å². The lowest BCUT2D eigenvalue weighted by molar-refractivity contribution is -0.134. The second kappa shape index (κ2) is 9.84. The van der Waals surface area contributed by atoms with Crippen molar-refractivity contribution >= 4 is 23.2 Å². The van der Waals surface area contributed by atoms with E-state index in [1.165, 1.54) is 31.8 Å². The fourth-order valence-electron chi connectivity index (χ4n) is 3.66. The molecule has 1 aliphatic heterocycles. The topological polar surface area (TPSA) is 77.1 Å². The minimum Gasteiger partial charge on any atom is -0.493 e. The number of fused-ring (bicyclic) bond motifs is 1. The summed E-state index contributed by atoms with van der Waals surface area (Å²) in [5.74, 6) is 0.796. The van der Waals surface area contributed by atoms with Gasteiger partial charge < -0.3 is 24.4 Å². The Morgan fingerprint density at radius 1 is 1.17 bits per heavy atom. The minimum absolute atomic E-state index is 0.0468. The van der Waals surface area contributed by atoms with E-state index in [1.807, 2.05) is 11.8 Å². The molecule has 0 saturated carbocycles. The molecular formula is C22H28N2O5S. The van der Waals surface area contributed by atoms with Gasteiger partial charge in [-0.2, -0.15) is 0 Å². The molecule has 8 heteroatoms. The Kier molecular flexibility index (Phi) is 7.20. The first kappa shape index (κ1) is 22.0. The number of hydrogen-bond donors (Lipinski definition) is 1. The molecular weight excluding hydrogens is 404 g/mol. The average Bonchev–Trinajstić information content (AvgIpc) is 3.24. The van der Waals surface area contributed by atoms with Gasteiger partial charge in [0.05, 0.1) is 21.3 Å². The molecule has 1 aliphatic rings. The number of rotatable bonds is 8. The van der Waals surface area contributed by atoms with Crippen molar-refractivity contribution in [2.45, 2.75) is 38.8 Å². The number of methoxy groups -OCH3 is 3. The second-order valence-electron chi connectivity index (χ2n) is 7.11. The fraction of sp³-hybridized carbons (Fsp3) is 0.455. The van der Waals surface area contributed by atoms with Crippen molar-refractivity contribution in [3.63, 3.8) is 0 Å². The maximum absolute atomic E-state index is 13.2. The number of carbonyl (C=O) groups excluding carboxylic acids is 2. The highest BCUT2D eigenvalue weighted by Gasteiger charge is 2.29. The first-order valence-corrected chi connectivity index (χ1v) is 10.8. The minimum atomic E-state index is -0.582. The maximum Gasteiger partial charge on any atom is 0.252 e. The molecule has 0 fully saturated rings. The van der Waals surface area contributed by atoms with Crippen LogP contribution in [0, 0.1) is 0 Å². The first-order valence-electron chi connectivity index (χ1n) is 9.97.